The van der Waals surface area contributed by atoms with E-state index in [4.69, 9.17) is 15.2 Å². The Hall–Kier alpha value is -1.06. The second-order valence-electron chi connectivity index (χ2n) is 5.26. The van der Waals surface area contributed by atoms with E-state index in [0.717, 1.165) is 38.2 Å². The molecule has 2 N–H and O–H groups in total. The van der Waals surface area contributed by atoms with E-state index in [1.165, 1.54) is 5.56 Å². The lowest BCUT2D eigenvalue weighted by molar-refractivity contribution is 0.108. The van der Waals surface area contributed by atoms with Gasteiger partial charge in [0.05, 0.1) is 6.61 Å². The molecule has 0 radical (unpaired) electrons. The first kappa shape index (κ1) is 11.1. The van der Waals surface area contributed by atoms with Gasteiger partial charge in [0.1, 0.15) is 11.9 Å². The molecule has 2 aliphatic heterocycles. The van der Waals surface area contributed by atoms with Crippen molar-refractivity contribution in [1.29, 1.82) is 0 Å². The van der Waals surface area contributed by atoms with E-state index in [2.05, 4.69) is 18.2 Å². The lowest BCUT2D eigenvalue weighted by Crippen LogP contribution is -2.36. The average Bonchev–Trinajstić information content (AvgIpc) is 2.95. The molecule has 0 aromatic heterocycles. The lowest BCUT2D eigenvalue weighted by atomic mass is 9.81. The summed E-state index contributed by atoms with van der Waals surface area (Å²) < 4.78 is 11.5. The Bertz CT molecular complexity index is 374. The first-order valence-corrected chi connectivity index (χ1v) is 6.34. The van der Waals surface area contributed by atoms with Gasteiger partial charge in [-0.25, -0.2) is 0 Å². The monoisotopic (exact) mass is 233 g/mol. The van der Waals surface area contributed by atoms with Crippen molar-refractivity contribution in [2.45, 2.75) is 25.4 Å². The van der Waals surface area contributed by atoms with Crippen LogP contribution in [0.2, 0.25) is 0 Å². The van der Waals surface area contributed by atoms with Crippen molar-refractivity contribution in [2.24, 2.45) is 11.1 Å². The fraction of sp³-hybridized carbons (Fsp3) is 0.571. The summed E-state index contributed by atoms with van der Waals surface area (Å²) >= 11 is 0. The van der Waals surface area contributed by atoms with Crippen LogP contribution in [0.3, 0.4) is 0 Å². The molecule has 2 atom stereocenters. The maximum Gasteiger partial charge on any atom is 0.123 e. The van der Waals surface area contributed by atoms with Gasteiger partial charge in [-0.2, -0.15) is 0 Å². The van der Waals surface area contributed by atoms with Gasteiger partial charge in [-0.3, -0.25) is 0 Å². The van der Waals surface area contributed by atoms with Crippen molar-refractivity contribution in [3.05, 3.63) is 29.8 Å². The molecule has 0 aliphatic carbocycles. The van der Waals surface area contributed by atoms with Gasteiger partial charge in [0.15, 0.2) is 0 Å². The van der Waals surface area contributed by atoms with Crippen molar-refractivity contribution >= 4 is 0 Å². The van der Waals surface area contributed by atoms with Crippen LogP contribution in [0.1, 0.15) is 18.4 Å². The number of rotatable bonds is 3. The van der Waals surface area contributed by atoms with Gasteiger partial charge >= 0.3 is 0 Å². The molecule has 1 aromatic carbocycles. The smallest absolute Gasteiger partial charge is 0.123 e. The Kier molecular flexibility index (Phi) is 2.81. The van der Waals surface area contributed by atoms with Gasteiger partial charge in [-0.1, -0.05) is 18.2 Å². The van der Waals surface area contributed by atoms with E-state index >= 15 is 0 Å². The van der Waals surface area contributed by atoms with Gasteiger partial charge in [0, 0.05) is 25.0 Å². The summed E-state index contributed by atoms with van der Waals surface area (Å²) in [4.78, 5) is 0. The molecule has 0 amide bonds. The number of fused-ring (bicyclic) bond motifs is 1. The van der Waals surface area contributed by atoms with Crippen molar-refractivity contribution in [3.63, 3.8) is 0 Å². The van der Waals surface area contributed by atoms with Crippen molar-refractivity contribution in [2.75, 3.05) is 19.8 Å². The molecule has 3 nitrogen and oxygen atoms in total. The number of benzene rings is 1. The Balaban J connectivity index is 1.69. The molecule has 3 rings (SSSR count). The molecule has 92 valence electrons. The van der Waals surface area contributed by atoms with Crippen LogP contribution in [0.15, 0.2) is 24.3 Å². The summed E-state index contributed by atoms with van der Waals surface area (Å²) in [5.74, 6) is 1.04. The van der Waals surface area contributed by atoms with Crippen LogP contribution in [0.4, 0.5) is 0 Å². The van der Waals surface area contributed by atoms with Crippen LogP contribution in [0, 0.1) is 5.41 Å². The van der Waals surface area contributed by atoms with Gasteiger partial charge in [-0.15, -0.1) is 0 Å². The minimum absolute atomic E-state index is 0.146. The summed E-state index contributed by atoms with van der Waals surface area (Å²) in [5.41, 5.74) is 7.38. The number of ether oxygens (including phenoxy) is 2. The highest BCUT2D eigenvalue weighted by Gasteiger charge is 2.38. The van der Waals surface area contributed by atoms with Crippen LogP contribution in [0.5, 0.6) is 5.75 Å². The molecule has 2 unspecified atom stereocenters. The van der Waals surface area contributed by atoms with Crippen molar-refractivity contribution in [3.8, 4) is 5.75 Å². The maximum absolute atomic E-state index is 5.98. The molecule has 3 heteroatoms. The summed E-state index contributed by atoms with van der Waals surface area (Å²) in [6, 6.07) is 8.30. The highest BCUT2D eigenvalue weighted by molar-refractivity contribution is 5.37. The van der Waals surface area contributed by atoms with Gasteiger partial charge < -0.3 is 15.2 Å². The summed E-state index contributed by atoms with van der Waals surface area (Å²) in [6.45, 7) is 2.33. The molecule has 1 aromatic rings. The second kappa shape index (κ2) is 4.31. The largest absolute Gasteiger partial charge is 0.490 e. The van der Waals surface area contributed by atoms with E-state index < -0.39 is 0 Å². The normalized spacial score (nSPS) is 31.2. The Morgan fingerprint density at radius 3 is 2.94 bits per heavy atom. The van der Waals surface area contributed by atoms with Gasteiger partial charge in [0.25, 0.3) is 0 Å². The van der Waals surface area contributed by atoms with Crippen LogP contribution in [-0.4, -0.2) is 25.9 Å². The van der Waals surface area contributed by atoms with Crippen molar-refractivity contribution < 1.29 is 9.47 Å². The molecule has 2 aliphatic rings. The number of hydrogen-bond donors (Lipinski definition) is 1. The topological polar surface area (TPSA) is 44.5 Å². The first-order valence-electron chi connectivity index (χ1n) is 6.34. The standard InChI is InChI=1S/C14H19NO2/c15-9-14(5-6-16-10-14)8-12-7-11-3-1-2-4-13(11)17-12/h1-4,12H,5-10,15H2. The van der Waals surface area contributed by atoms with Crippen LogP contribution in [0.25, 0.3) is 0 Å². The Morgan fingerprint density at radius 2 is 2.24 bits per heavy atom. The first-order chi connectivity index (χ1) is 8.31. The van der Waals surface area contributed by atoms with E-state index in [9.17, 15) is 0 Å². The summed E-state index contributed by atoms with van der Waals surface area (Å²) in [6.07, 6.45) is 3.37. The Labute approximate surface area is 102 Å². The third-order valence-corrected chi connectivity index (χ3v) is 3.99. The quantitative estimate of drug-likeness (QED) is 0.865. The SMILES string of the molecule is NCC1(CC2Cc3ccccc3O2)CCOC1. The summed E-state index contributed by atoms with van der Waals surface area (Å²) in [7, 11) is 0. The molecule has 0 saturated carbocycles. The molecule has 0 spiro atoms. The van der Waals surface area contributed by atoms with E-state index in [1.807, 2.05) is 6.07 Å². The summed E-state index contributed by atoms with van der Waals surface area (Å²) in [5, 5.41) is 0. The minimum Gasteiger partial charge on any atom is -0.490 e. The second-order valence-corrected chi connectivity index (χ2v) is 5.26. The Morgan fingerprint density at radius 1 is 1.35 bits per heavy atom. The van der Waals surface area contributed by atoms with Gasteiger partial charge in [0.2, 0.25) is 0 Å². The fourth-order valence-electron chi connectivity index (χ4n) is 2.91. The van der Waals surface area contributed by atoms with Crippen LogP contribution >= 0.6 is 0 Å². The van der Waals surface area contributed by atoms with E-state index in [1.54, 1.807) is 0 Å². The zero-order valence-electron chi connectivity index (χ0n) is 10.0. The predicted molar refractivity (Wildman–Crippen MR) is 66.1 cm³/mol. The van der Waals surface area contributed by atoms with Crippen LogP contribution in [-0.2, 0) is 11.2 Å². The van der Waals surface area contributed by atoms with Crippen molar-refractivity contribution in [1.82, 2.24) is 0 Å². The minimum atomic E-state index is 0.146. The average molecular weight is 233 g/mol. The van der Waals surface area contributed by atoms with Gasteiger partial charge in [-0.05, 0) is 24.5 Å². The van der Waals surface area contributed by atoms with Crippen LogP contribution < -0.4 is 10.5 Å². The zero-order valence-corrected chi connectivity index (χ0v) is 10.0. The molecular formula is C14H19NO2. The highest BCUT2D eigenvalue weighted by atomic mass is 16.5. The zero-order chi connectivity index (χ0) is 11.7. The van der Waals surface area contributed by atoms with E-state index in [-0.39, 0.29) is 11.5 Å². The third-order valence-electron chi connectivity index (χ3n) is 3.99. The number of nitrogens with two attached hydrogens (primary N) is 1. The molecule has 0 bridgehead atoms. The molecule has 1 saturated heterocycles. The van der Waals surface area contributed by atoms with E-state index in [0.29, 0.717) is 6.54 Å². The predicted octanol–water partition coefficient (Wildman–Crippen LogP) is 1.75. The number of para-hydroxylation sites is 1. The third kappa shape index (κ3) is 2.05. The number of hydrogen-bond acceptors (Lipinski definition) is 3. The molecule has 1 fully saturated rings. The highest BCUT2D eigenvalue weighted by Crippen LogP contribution is 2.38. The molecule has 17 heavy (non-hydrogen) atoms. The lowest BCUT2D eigenvalue weighted by Gasteiger charge is -2.28. The maximum atomic E-state index is 5.98. The fourth-order valence-corrected chi connectivity index (χ4v) is 2.91. The molecular weight excluding hydrogens is 214 g/mol. The molecule has 2 heterocycles.